The van der Waals surface area contributed by atoms with Crippen LogP contribution in [0.2, 0.25) is 10.0 Å². The summed E-state index contributed by atoms with van der Waals surface area (Å²) < 4.78 is 11.8. The summed E-state index contributed by atoms with van der Waals surface area (Å²) in [4.78, 5) is 27.6. The topological polar surface area (TPSA) is 122 Å². The molecule has 0 radical (unpaired) electrons. The third-order valence-corrected chi connectivity index (χ3v) is 5.25. The second-order valence-corrected chi connectivity index (χ2v) is 8.48. The minimum atomic E-state index is -0.914. The van der Waals surface area contributed by atoms with Crippen molar-refractivity contribution in [1.29, 1.82) is 0 Å². The molecule has 0 spiro atoms. The minimum Gasteiger partial charge on any atom is -0.445 e. The van der Waals surface area contributed by atoms with E-state index in [-0.39, 0.29) is 19.1 Å². The zero-order valence-electron chi connectivity index (χ0n) is 16.1. The van der Waals surface area contributed by atoms with Crippen LogP contribution in [-0.4, -0.2) is 27.8 Å². The fourth-order valence-electron chi connectivity index (χ4n) is 2.61. The largest absolute Gasteiger partial charge is 0.445 e. The highest BCUT2D eigenvalue weighted by Crippen LogP contribution is 2.37. The van der Waals surface area contributed by atoms with Gasteiger partial charge in [-0.1, -0.05) is 48.8 Å². The lowest BCUT2D eigenvalue weighted by Gasteiger charge is -2.17. The molecule has 29 heavy (non-hydrogen) atoms. The highest BCUT2D eigenvalue weighted by Gasteiger charge is 2.23. The summed E-state index contributed by atoms with van der Waals surface area (Å²) in [6.45, 7) is 5.79. The van der Waals surface area contributed by atoms with E-state index in [1.54, 1.807) is 25.1 Å². The highest BCUT2D eigenvalue weighted by atomic mass is 35.5. The van der Waals surface area contributed by atoms with Gasteiger partial charge in [-0.3, -0.25) is 0 Å². The molecule has 4 N–H and O–H groups in total. The van der Waals surface area contributed by atoms with Crippen molar-refractivity contribution in [3.05, 3.63) is 39.8 Å². The van der Waals surface area contributed by atoms with E-state index >= 15 is 0 Å². The molecule has 0 saturated carbocycles. The summed E-state index contributed by atoms with van der Waals surface area (Å²) in [7, 11) is 0. The number of primary amides is 2. The predicted octanol–water partition coefficient (Wildman–Crippen LogP) is 4.54. The van der Waals surface area contributed by atoms with E-state index in [1.807, 2.05) is 18.4 Å². The smallest absolute Gasteiger partial charge is 0.404 e. The Morgan fingerprint density at radius 1 is 1.14 bits per heavy atom. The average Bonchev–Trinajstić information content (AvgIpc) is 2.89. The predicted molar refractivity (Wildman–Crippen MR) is 111 cm³/mol. The van der Waals surface area contributed by atoms with Gasteiger partial charge in [0.25, 0.3) is 0 Å². The van der Waals surface area contributed by atoms with Gasteiger partial charge in [0, 0.05) is 14.9 Å². The number of benzene rings is 1. The number of hydrogen-bond acceptors (Lipinski definition) is 6. The molecule has 2 amide bonds. The van der Waals surface area contributed by atoms with Crippen LogP contribution < -0.4 is 11.5 Å². The van der Waals surface area contributed by atoms with E-state index in [0.717, 1.165) is 15.6 Å². The van der Waals surface area contributed by atoms with Gasteiger partial charge in [-0.2, -0.15) is 0 Å². The molecule has 1 aromatic heterocycles. The van der Waals surface area contributed by atoms with E-state index in [2.05, 4.69) is 4.98 Å². The Bertz CT molecular complexity index is 884. The van der Waals surface area contributed by atoms with Crippen LogP contribution in [0.5, 0.6) is 0 Å². The third kappa shape index (κ3) is 6.73. The average molecular weight is 461 g/mol. The van der Waals surface area contributed by atoms with Gasteiger partial charge in [-0.05, 0) is 31.0 Å². The summed E-state index contributed by atoms with van der Waals surface area (Å²) in [6.07, 6.45) is -2.34. The first kappa shape index (κ1) is 23.2. The molecule has 0 bridgehead atoms. The molecule has 0 saturated heterocycles. The zero-order chi connectivity index (χ0) is 21.7. The molecule has 0 aliphatic rings. The maximum atomic E-state index is 11.1. The number of carbonyl (C=O) groups is 2. The molecule has 2 rings (SSSR count). The van der Waals surface area contributed by atoms with Gasteiger partial charge in [0.05, 0.1) is 12.2 Å². The van der Waals surface area contributed by atoms with Crippen molar-refractivity contribution >= 4 is 47.2 Å². The van der Waals surface area contributed by atoms with Crippen LogP contribution in [0.4, 0.5) is 9.59 Å². The Morgan fingerprint density at radius 2 is 1.76 bits per heavy atom. The molecule has 0 fully saturated rings. The van der Waals surface area contributed by atoms with Crippen molar-refractivity contribution in [3.63, 3.8) is 0 Å². The lowest BCUT2D eigenvalue weighted by molar-refractivity contribution is 0.102. The van der Waals surface area contributed by atoms with Crippen LogP contribution in [0.3, 0.4) is 0 Å². The van der Waals surface area contributed by atoms with Gasteiger partial charge in [0.1, 0.15) is 17.0 Å². The van der Waals surface area contributed by atoms with Crippen LogP contribution in [0.25, 0.3) is 0 Å². The van der Waals surface area contributed by atoms with Gasteiger partial charge >= 0.3 is 12.2 Å². The Labute approximate surface area is 182 Å². The number of aromatic nitrogens is 2. The summed E-state index contributed by atoms with van der Waals surface area (Å²) in [5, 5.41) is 1.78. The first-order valence-corrected chi connectivity index (χ1v) is 10.3. The quantitative estimate of drug-likeness (QED) is 0.595. The number of ether oxygens (including phenoxy) is 2. The standard InChI is InChI=1S/C18H22Cl2N4O4S/c1-9(2)15-16(29-13-5-11(19)4-12(20)6-13)24(7-10(3)28-18(22)26)14(23-15)8-27-17(21)25/h4-6,9-10H,7-8H2,1-3H3,(H2,21,25)(H2,22,26). The lowest BCUT2D eigenvalue weighted by atomic mass is 10.1. The van der Waals surface area contributed by atoms with Gasteiger partial charge < -0.3 is 25.5 Å². The number of hydrogen-bond donors (Lipinski definition) is 2. The molecular weight excluding hydrogens is 439 g/mol. The van der Waals surface area contributed by atoms with Crippen molar-refractivity contribution < 1.29 is 19.1 Å². The summed E-state index contributed by atoms with van der Waals surface area (Å²) >= 11 is 13.7. The Morgan fingerprint density at radius 3 is 2.28 bits per heavy atom. The van der Waals surface area contributed by atoms with Crippen molar-refractivity contribution in [3.8, 4) is 0 Å². The van der Waals surface area contributed by atoms with Crippen LogP contribution in [0.15, 0.2) is 28.1 Å². The molecule has 158 valence electrons. The first-order chi connectivity index (χ1) is 13.6. The first-order valence-electron chi connectivity index (χ1n) is 8.68. The van der Waals surface area contributed by atoms with Gasteiger partial charge in [0.15, 0.2) is 6.61 Å². The van der Waals surface area contributed by atoms with Gasteiger partial charge in [0.2, 0.25) is 0 Å². The van der Waals surface area contributed by atoms with Crippen molar-refractivity contribution in [2.24, 2.45) is 11.5 Å². The number of nitrogens with zero attached hydrogens (tertiary/aromatic N) is 2. The van der Waals surface area contributed by atoms with Crippen LogP contribution in [-0.2, 0) is 22.6 Å². The van der Waals surface area contributed by atoms with Crippen molar-refractivity contribution in [2.75, 3.05) is 0 Å². The summed E-state index contributed by atoms with van der Waals surface area (Å²) in [5.41, 5.74) is 11.0. The second kappa shape index (κ2) is 10.1. The molecule has 11 heteroatoms. The molecule has 8 nitrogen and oxygen atoms in total. The molecule has 2 aromatic rings. The molecule has 1 atom stereocenters. The van der Waals surface area contributed by atoms with Crippen molar-refractivity contribution in [2.45, 2.75) is 55.9 Å². The van der Waals surface area contributed by atoms with Crippen LogP contribution >= 0.6 is 35.0 Å². The third-order valence-electron chi connectivity index (χ3n) is 3.72. The number of amides is 2. The summed E-state index contributed by atoms with van der Waals surface area (Å²) in [6, 6.07) is 5.20. The fraction of sp³-hybridized carbons (Fsp3) is 0.389. The normalized spacial score (nSPS) is 12.1. The monoisotopic (exact) mass is 460 g/mol. The highest BCUT2D eigenvalue weighted by molar-refractivity contribution is 7.99. The van der Waals surface area contributed by atoms with E-state index in [1.165, 1.54) is 11.8 Å². The van der Waals surface area contributed by atoms with E-state index in [0.29, 0.717) is 15.9 Å². The molecule has 1 aromatic carbocycles. The van der Waals surface area contributed by atoms with Crippen LogP contribution in [0, 0.1) is 0 Å². The van der Waals surface area contributed by atoms with Gasteiger partial charge in [-0.15, -0.1) is 0 Å². The Balaban J connectivity index is 2.50. The minimum absolute atomic E-state index is 0.0631. The maximum Gasteiger partial charge on any atom is 0.404 e. The molecule has 1 heterocycles. The molecule has 0 aliphatic carbocycles. The van der Waals surface area contributed by atoms with E-state index in [4.69, 9.17) is 44.1 Å². The second-order valence-electron chi connectivity index (χ2n) is 6.55. The number of carbonyl (C=O) groups excluding carboxylic acids is 2. The lowest BCUT2D eigenvalue weighted by Crippen LogP contribution is -2.25. The summed E-state index contributed by atoms with van der Waals surface area (Å²) in [5.74, 6) is 0.524. The fourth-order valence-corrected chi connectivity index (χ4v) is 4.54. The van der Waals surface area contributed by atoms with E-state index in [9.17, 15) is 9.59 Å². The van der Waals surface area contributed by atoms with E-state index < -0.39 is 18.3 Å². The maximum absolute atomic E-state index is 11.1. The molecule has 0 aliphatic heterocycles. The Hall–Kier alpha value is -2.10. The van der Waals surface area contributed by atoms with Gasteiger partial charge in [-0.25, -0.2) is 14.6 Å². The zero-order valence-corrected chi connectivity index (χ0v) is 18.5. The molecular formula is C18H22Cl2N4O4S. The SMILES string of the molecule is CC(Cn1c(COC(N)=O)nc(C(C)C)c1Sc1cc(Cl)cc(Cl)c1)OC(N)=O. The van der Waals surface area contributed by atoms with Crippen molar-refractivity contribution in [1.82, 2.24) is 9.55 Å². The number of rotatable bonds is 8. The number of nitrogens with two attached hydrogens (primary N) is 2. The molecule has 1 unspecified atom stereocenters. The van der Waals surface area contributed by atoms with Crippen LogP contribution in [0.1, 0.15) is 38.2 Å². The Kier molecular flexibility index (Phi) is 8.06. The number of imidazole rings is 1. The number of halogens is 2.